The molecule has 3 rings (SSSR count). The summed E-state index contributed by atoms with van der Waals surface area (Å²) in [5.41, 5.74) is 1.51. The lowest BCUT2D eigenvalue weighted by Crippen LogP contribution is -2.38. The minimum absolute atomic E-state index is 0.138. The average Bonchev–Trinajstić information content (AvgIpc) is 3.16. The largest absolute Gasteiger partial charge is 0.379 e. The van der Waals surface area contributed by atoms with Gasteiger partial charge in [-0.15, -0.1) is 10.2 Å². The first-order valence-electron chi connectivity index (χ1n) is 8.95. The van der Waals surface area contributed by atoms with E-state index in [1.165, 1.54) is 0 Å². The van der Waals surface area contributed by atoms with E-state index in [1.54, 1.807) is 12.1 Å². The van der Waals surface area contributed by atoms with E-state index >= 15 is 0 Å². The molecule has 1 saturated heterocycles. The van der Waals surface area contributed by atoms with Crippen LogP contribution in [0.3, 0.4) is 0 Å². The van der Waals surface area contributed by atoms with E-state index in [9.17, 15) is 13.2 Å². The van der Waals surface area contributed by atoms with Crippen molar-refractivity contribution in [1.82, 2.24) is 19.8 Å². The van der Waals surface area contributed by atoms with Gasteiger partial charge in [-0.3, -0.25) is 15.0 Å². The number of hydrogen-bond acceptors (Lipinski definition) is 8. The lowest BCUT2D eigenvalue weighted by atomic mass is 10.1. The van der Waals surface area contributed by atoms with Gasteiger partial charge in [-0.25, -0.2) is 13.1 Å². The molecule has 0 bridgehead atoms. The zero-order chi connectivity index (χ0) is 20.0. The normalized spacial score (nSPS) is 15.5. The summed E-state index contributed by atoms with van der Waals surface area (Å²) in [6.07, 6.45) is 0.690. The van der Waals surface area contributed by atoms with Crippen molar-refractivity contribution in [3.63, 3.8) is 0 Å². The van der Waals surface area contributed by atoms with E-state index in [1.807, 2.05) is 19.1 Å². The molecular formula is C17H23N5O4S2. The molecule has 2 aromatic rings. The Morgan fingerprint density at radius 3 is 2.64 bits per heavy atom. The Morgan fingerprint density at radius 2 is 1.93 bits per heavy atom. The van der Waals surface area contributed by atoms with E-state index in [0.717, 1.165) is 36.5 Å². The van der Waals surface area contributed by atoms with Crippen molar-refractivity contribution in [2.24, 2.45) is 0 Å². The van der Waals surface area contributed by atoms with Crippen LogP contribution >= 0.6 is 11.3 Å². The number of carbonyl (C=O) groups is 1. The summed E-state index contributed by atoms with van der Waals surface area (Å²) >= 11 is 0.821. The third-order valence-corrected chi connectivity index (χ3v) is 6.88. The van der Waals surface area contributed by atoms with Gasteiger partial charge in [0.05, 0.1) is 13.2 Å². The van der Waals surface area contributed by atoms with Crippen LogP contribution in [0, 0.1) is 6.92 Å². The molecule has 0 aliphatic carbocycles. The number of rotatable bonds is 8. The predicted octanol–water partition coefficient (Wildman–Crippen LogP) is 1.10. The molecule has 1 aliphatic rings. The van der Waals surface area contributed by atoms with Crippen LogP contribution in [0.15, 0.2) is 28.6 Å². The van der Waals surface area contributed by atoms with Crippen molar-refractivity contribution in [1.29, 1.82) is 0 Å². The third-order valence-electron chi connectivity index (χ3n) is 4.22. The SMILES string of the molecule is Cc1ccc(C(=O)Nc2nnc(S(=O)(=O)NCCCN3CCOCC3)s2)cc1. The third kappa shape index (κ3) is 5.79. The molecule has 2 N–H and O–H groups in total. The van der Waals surface area contributed by atoms with Gasteiger partial charge >= 0.3 is 0 Å². The lowest BCUT2D eigenvalue weighted by molar-refractivity contribution is 0.0376. The van der Waals surface area contributed by atoms with Gasteiger partial charge in [0.1, 0.15) is 0 Å². The molecule has 1 fully saturated rings. The summed E-state index contributed by atoms with van der Waals surface area (Å²) in [5.74, 6) is -0.362. The summed E-state index contributed by atoms with van der Waals surface area (Å²) in [6, 6.07) is 7.04. The van der Waals surface area contributed by atoms with Crippen LogP contribution < -0.4 is 10.0 Å². The molecule has 0 spiro atoms. The molecule has 1 aromatic heterocycles. The number of benzene rings is 1. The number of nitrogens with one attached hydrogen (secondary N) is 2. The fraction of sp³-hybridized carbons (Fsp3) is 0.471. The van der Waals surface area contributed by atoms with Crippen molar-refractivity contribution in [2.75, 3.05) is 44.7 Å². The second-order valence-corrected chi connectivity index (χ2v) is 9.32. The van der Waals surface area contributed by atoms with Gasteiger partial charge in [0.2, 0.25) is 9.47 Å². The van der Waals surface area contributed by atoms with Crippen LogP contribution in [0.1, 0.15) is 22.3 Å². The Bertz CT molecular complexity index is 893. The van der Waals surface area contributed by atoms with E-state index in [-0.39, 0.29) is 15.4 Å². The number of aryl methyl sites for hydroxylation is 1. The highest BCUT2D eigenvalue weighted by molar-refractivity contribution is 7.91. The second-order valence-electron chi connectivity index (χ2n) is 6.40. The monoisotopic (exact) mass is 425 g/mol. The van der Waals surface area contributed by atoms with E-state index in [0.29, 0.717) is 31.7 Å². The molecule has 2 heterocycles. The zero-order valence-corrected chi connectivity index (χ0v) is 17.2. The van der Waals surface area contributed by atoms with Gasteiger partial charge in [0, 0.05) is 25.2 Å². The molecule has 1 aliphatic heterocycles. The predicted molar refractivity (Wildman–Crippen MR) is 106 cm³/mol. The molecule has 1 aromatic carbocycles. The fourth-order valence-corrected chi connectivity index (χ4v) is 4.65. The Kier molecular flexibility index (Phi) is 7.08. The van der Waals surface area contributed by atoms with Crippen LogP contribution in [-0.2, 0) is 14.8 Å². The minimum atomic E-state index is -3.75. The molecule has 0 atom stereocenters. The maximum atomic E-state index is 12.3. The lowest BCUT2D eigenvalue weighted by Gasteiger charge is -2.26. The van der Waals surface area contributed by atoms with Gasteiger partial charge in [-0.05, 0) is 32.0 Å². The number of aromatic nitrogens is 2. The number of ether oxygens (including phenoxy) is 1. The van der Waals surface area contributed by atoms with Gasteiger partial charge in [0.25, 0.3) is 15.9 Å². The van der Waals surface area contributed by atoms with Crippen molar-refractivity contribution in [3.8, 4) is 0 Å². The van der Waals surface area contributed by atoms with Crippen LogP contribution in [0.2, 0.25) is 0 Å². The summed E-state index contributed by atoms with van der Waals surface area (Å²) in [4.78, 5) is 14.4. The van der Waals surface area contributed by atoms with Crippen molar-refractivity contribution in [2.45, 2.75) is 17.7 Å². The smallest absolute Gasteiger partial charge is 0.269 e. The molecular weight excluding hydrogens is 402 g/mol. The Balaban J connectivity index is 1.50. The standard InChI is InChI=1S/C17H23N5O4S2/c1-13-3-5-14(6-4-13)15(23)19-16-20-21-17(27-16)28(24,25)18-7-2-8-22-9-11-26-12-10-22/h3-6,18H,2,7-12H2,1H3,(H,19,20,23). The molecule has 0 saturated carbocycles. The van der Waals surface area contributed by atoms with Gasteiger partial charge in [0.15, 0.2) is 0 Å². The minimum Gasteiger partial charge on any atom is -0.379 e. The van der Waals surface area contributed by atoms with E-state index < -0.39 is 10.0 Å². The summed E-state index contributed by atoms with van der Waals surface area (Å²) in [6.45, 7) is 6.21. The molecule has 11 heteroatoms. The zero-order valence-electron chi connectivity index (χ0n) is 15.6. The average molecular weight is 426 g/mol. The van der Waals surface area contributed by atoms with Crippen LogP contribution in [0.25, 0.3) is 0 Å². The first-order chi connectivity index (χ1) is 13.4. The first-order valence-corrected chi connectivity index (χ1v) is 11.3. The summed E-state index contributed by atoms with van der Waals surface area (Å²) in [7, 11) is -3.75. The van der Waals surface area contributed by atoms with Crippen LogP contribution in [0.4, 0.5) is 5.13 Å². The van der Waals surface area contributed by atoms with E-state index in [4.69, 9.17) is 4.74 Å². The Labute approximate surface area is 168 Å². The number of nitrogens with zero attached hydrogens (tertiary/aromatic N) is 3. The van der Waals surface area contributed by atoms with Crippen LogP contribution in [-0.4, -0.2) is 68.8 Å². The highest BCUT2D eigenvalue weighted by Gasteiger charge is 2.21. The Morgan fingerprint density at radius 1 is 1.21 bits per heavy atom. The van der Waals surface area contributed by atoms with Crippen molar-refractivity contribution >= 4 is 32.4 Å². The summed E-state index contributed by atoms with van der Waals surface area (Å²) < 4.78 is 32.3. The molecule has 152 valence electrons. The van der Waals surface area contributed by atoms with Crippen molar-refractivity contribution < 1.29 is 17.9 Å². The van der Waals surface area contributed by atoms with Crippen LogP contribution in [0.5, 0.6) is 0 Å². The molecule has 0 radical (unpaired) electrons. The second kappa shape index (κ2) is 9.52. The topological polar surface area (TPSA) is 114 Å². The molecule has 1 amide bonds. The number of sulfonamides is 1. The number of carbonyl (C=O) groups excluding carboxylic acids is 1. The number of amides is 1. The summed E-state index contributed by atoms with van der Waals surface area (Å²) in [5, 5.41) is 10.2. The van der Waals surface area contributed by atoms with Gasteiger partial charge in [-0.1, -0.05) is 29.0 Å². The van der Waals surface area contributed by atoms with E-state index in [2.05, 4.69) is 25.1 Å². The maximum Gasteiger partial charge on any atom is 0.269 e. The number of morpholine rings is 1. The number of hydrogen-bond donors (Lipinski definition) is 2. The van der Waals surface area contributed by atoms with Crippen molar-refractivity contribution in [3.05, 3.63) is 35.4 Å². The molecule has 9 nitrogen and oxygen atoms in total. The van der Waals surface area contributed by atoms with Gasteiger partial charge in [-0.2, -0.15) is 0 Å². The maximum absolute atomic E-state index is 12.3. The highest BCUT2D eigenvalue weighted by atomic mass is 32.2. The van der Waals surface area contributed by atoms with Gasteiger partial charge < -0.3 is 4.74 Å². The Hall–Kier alpha value is -1.92. The quantitative estimate of drug-likeness (QED) is 0.481. The highest BCUT2D eigenvalue weighted by Crippen LogP contribution is 2.20. The number of anilines is 1. The fourth-order valence-electron chi connectivity index (χ4n) is 2.64. The molecule has 0 unspecified atom stereocenters. The molecule has 28 heavy (non-hydrogen) atoms. The first kappa shape index (κ1) is 20.8.